The summed E-state index contributed by atoms with van der Waals surface area (Å²) in [5.74, 6) is -0.801. The van der Waals surface area contributed by atoms with Crippen LogP contribution in [0.5, 0.6) is 0 Å². The summed E-state index contributed by atoms with van der Waals surface area (Å²) in [6.07, 6.45) is 1.40. The molecule has 108 valence electrons. The van der Waals surface area contributed by atoms with Crippen molar-refractivity contribution >= 4 is 13.2 Å². The van der Waals surface area contributed by atoms with E-state index in [1.807, 2.05) is 30.3 Å². The van der Waals surface area contributed by atoms with Gasteiger partial charge in [-0.1, -0.05) is 30.3 Å². The summed E-state index contributed by atoms with van der Waals surface area (Å²) in [5, 5.41) is 0. The number of esters is 1. The number of aryl methyl sites for hydroxylation is 1. The van der Waals surface area contributed by atoms with Crippen molar-refractivity contribution in [2.24, 2.45) is 17.8 Å². The number of halogens is 2. The van der Waals surface area contributed by atoms with Crippen LogP contribution in [0.15, 0.2) is 30.3 Å². The second-order valence-corrected chi connectivity index (χ2v) is 5.26. The Hall–Kier alpha value is -1.39. The maximum Gasteiger partial charge on any atom is 0.538 e. The van der Waals surface area contributed by atoms with Crippen LogP contribution < -0.4 is 0 Å². The third-order valence-corrected chi connectivity index (χ3v) is 3.95. The van der Waals surface area contributed by atoms with Gasteiger partial charge in [0.2, 0.25) is 0 Å². The average molecular weight is 280 g/mol. The van der Waals surface area contributed by atoms with Gasteiger partial charge in [-0.2, -0.15) is 0 Å². The Bertz CT molecular complexity index is 439. The van der Waals surface area contributed by atoms with Gasteiger partial charge in [-0.25, -0.2) is 0 Å². The van der Waals surface area contributed by atoms with Crippen LogP contribution in [0.3, 0.4) is 0 Å². The largest absolute Gasteiger partial charge is 0.538 e. The number of carbonyl (C=O) groups excluding carboxylic acids is 1. The molecule has 1 aliphatic carbocycles. The third kappa shape index (κ3) is 3.81. The Morgan fingerprint density at radius 2 is 1.95 bits per heavy atom. The molecule has 2 rings (SSSR count). The van der Waals surface area contributed by atoms with Crippen LogP contribution >= 0.6 is 0 Å². The standard InChI is InChI=1S/C15H19BF2O2/c1-2-20-15(19)14-12(13(14)10-16(17)18)9-8-11-6-4-3-5-7-11/h3-7,12-14H,2,8-10H2,1H3/t12?,13?,14-/m1/s1. The van der Waals surface area contributed by atoms with E-state index in [4.69, 9.17) is 4.74 Å². The number of carbonyl (C=O) groups is 1. The number of rotatable bonds is 7. The van der Waals surface area contributed by atoms with Gasteiger partial charge < -0.3 is 4.74 Å². The molecule has 5 heteroatoms. The second-order valence-electron chi connectivity index (χ2n) is 5.26. The van der Waals surface area contributed by atoms with Crippen LogP contribution in [0.4, 0.5) is 8.63 Å². The van der Waals surface area contributed by atoms with Crippen LogP contribution in [0.1, 0.15) is 18.9 Å². The van der Waals surface area contributed by atoms with Crippen molar-refractivity contribution in [1.82, 2.24) is 0 Å². The minimum atomic E-state index is -2.35. The Morgan fingerprint density at radius 3 is 2.55 bits per heavy atom. The lowest BCUT2D eigenvalue weighted by Crippen LogP contribution is -2.09. The summed E-state index contributed by atoms with van der Waals surface area (Å²) in [4.78, 5) is 11.8. The first-order valence-electron chi connectivity index (χ1n) is 7.12. The van der Waals surface area contributed by atoms with E-state index in [-0.39, 0.29) is 30.0 Å². The van der Waals surface area contributed by atoms with E-state index in [0.29, 0.717) is 6.61 Å². The van der Waals surface area contributed by atoms with E-state index in [9.17, 15) is 13.4 Å². The third-order valence-electron chi connectivity index (χ3n) is 3.95. The topological polar surface area (TPSA) is 26.3 Å². The molecule has 1 saturated carbocycles. The molecule has 1 fully saturated rings. The fraction of sp³-hybridized carbons (Fsp3) is 0.533. The maximum absolute atomic E-state index is 12.5. The monoisotopic (exact) mass is 280 g/mol. The smallest absolute Gasteiger partial charge is 0.466 e. The van der Waals surface area contributed by atoms with Gasteiger partial charge in [0, 0.05) is 0 Å². The highest BCUT2D eigenvalue weighted by Crippen LogP contribution is 2.53. The first-order chi connectivity index (χ1) is 9.63. The quantitative estimate of drug-likeness (QED) is 0.564. The summed E-state index contributed by atoms with van der Waals surface area (Å²) < 4.78 is 30.0. The summed E-state index contributed by atoms with van der Waals surface area (Å²) in [5.41, 5.74) is 1.18. The molecule has 3 atom stereocenters. The van der Waals surface area contributed by atoms with Crippen LogP contribution in [0.25, 0.3) is 0 Å². The van der Waals surface area contributed by atoms with Crippen molar-refractivity contribution in [2.45, 2.75) is 26.1 Å². The lowest BCUT2D eigenvalue weighted by molar-refractivity contribution is -0.145. The van der Waals surface area contributed by atoms with E-state index in [1.54, 1.807) is 6.92 Å². The van der Waals surface area contributed by atoms with Gasteiger partial charge in [0.15, 0.2) is 0 Å². The van der Waals surface area contributed by atoms with Crippen LogP contribution in [-0.2, 0) is 16.0 Å². The van der Waals surface area contributed by atoms with Gasteiger partial charge in [0.05, 0.1) is 12.5 Å². The summed E-state index contributed by atoms with van der Waals surface area (Å²) in [6, 6.07) is 9.90. The number of benzene rings is 1. The summed E-state index contributed by atoms with van der Waals surface area (Å²) in [6.45, 7) is 2.05. The van der Waals surface area contributed by atoms with Crippen molar-refractivity contribution in [1.29, 1.82) is 0 Å². The molecule has 0 radical (unpaired) electrons. The van der Waals surface area contributed by atoms with Crippen molar-refractivity contribution in [3.8, 4) is 0 Å². The summed E-state index contributed by atoms with van der Waals surface area (Å²) in [7, 11) is -2.35. The predicted molar refractivity (Wildman–Crippen MR) is 74.6 cm³/mol. The molecule has 0 N–H and O–H groups in total. The molecule has 0 spiro atoms. The lowest BCUT2D eigenvalue weighted by Gasteiger charge is -2.01. The molecule has 0 aliphatic heterocycles. The summed E-state index contributed by atoms with van der Waals surface area (Å²) >= 11 is 0. The molecule has 0 aromatic heterocycles. The van der Waals surface area contributed by atoms with Crippen molar-refractivity contribution in [3.05, 3.63) is 35.9 Å². The molecule has 0 bridgehead atoms. The average Bonchev–Trinajstić information content (AvgIpc) is 3.10. The molecule has 0 saturated heterocycles. The highest BCUT2D eigenvalue weighted by Gasteiger charge is 2.56. The lowest BCUT2D eigenvalue weighted by atomic mass is 9.87. The Labute approximate surface area is 118 Å². The van der Waals surface area contributed by atoms with E-state index in [1.165, 1.54) is 5.56 Å². The van der Waals surface area contributed by atoms with Gasteiger partial charge in [0.25, 0.3) is 0 Å². The van der Waals surface area contributed by atoms with Gasteiger partial charge in [0.1, 0.15) is 0 Å². The zero-order chi connectivity index (χ0) is 14.5. The van der Waals surface area contributed by atoms with E-state index in [2.05, 4.69) is 0 Å². The molecule has 2 unspecified atom stereocenters. The van der Waals surface area contributed by atoms with Gasteiger partial charge in [-0.05, 0) is 43.5 Å². The maximum atomic E-state index is 12.5. The number of hydrogen-bond donors (Lipinski definition) is 0. The van der Waals surface area contributed by atoms with E-state index in [0.717, 1.165) is 12.8 Å². The highest BCUT2D eigenvalue weighted by molar-refractivity contribution is 6.42. The molecule has 0 heterocycles. The first-order valence-corrected chi connectivity index (χ1v) is 7.12. The van der Waals surface area contributed by atoms with Crippen molar-refractivity contribution in [2.75, 3.05) is 6.61 Å². The fourth-order valence-electron chi connectivity index (χ4n) is 2.93. The Balaban J connectivity index is 1.89. The predicted octanol–water partition coefficient (Wildman–Crippen LogP) is 3.47. The van der Waals surface area contributed by atoms with E-state index >= 15 is 0 Å². The molecule has 0 amide bonds. The number of hydrogen-bond acceptors (Lipinski definition) is 2. The van der Waals surface area contributed by atoms with Crippen molar-refractivity contribution < 1.29 is 18.2 Å². The zero-order valence-corrected chi connectivity index (χ0v) is 11.6. The molecule has 20 heavy (non-hydrogen) atoms. The second kappa shape index (κ2) is 6.86. The highest BCUT2D eigenvalue weighted by atomic mass is 19.2. The van der Waals surface area contributed by atoms with Gasteiger partial charge >= 0.3 is 13.2 Å². The Morgan fingerprint density at radius 1 is 1.25 bits per heavy atom. The van der Waals surface area contributed by atoms with Crippen LogP contribution in [0, 0.1) is 17.8 Å². The fourth-order valence-corrected chi connectivity index (χ4v) is 2.93. The first kappa shape index (κ1) is 15.0. The molecular formula is C15H19BF2O2. The van der Waals surface area contributed by atoms with Crippen LogP contribution in [0.2, 0.25) is 6.32 Å². The molecule has 1 aromatic rings. The molecule has 2 nitrogen and oxygen atoms in total. The SMILES string of the molecule is CCOC(=O)[C@@H]1C(CCc2ccccc2)C1CB(F)F. The van der Waals surface area contributed by atoms with E-state index < -0.39 is 7.27 Å². The molecule has 1 aliphatic rings. The van der Waals surface area contributed by atoms with Gasteiger partial charge in [-0.15, -0.1) is 0 Å². The minimum Gasteiger partial charge on any atom is -0.466 e. The normalized spacial score (nSPS) is 24.2. The van der Waals surface area contributed by atoms with Gasteiger partial charge in [-0.3, -0.25) is 13.4 Å². The van der Waals surface area contributed by atoms with Crippen LogP contribution in [-0.4, -0.2) is 19.8 Å². The molecule has 1 aromatic carbocycles. The van der Waals surface area contributed by atoms with Crippen molar-refractivity contribution in [3.63, 3.8) is 0 Å². The molecular weight excluding hydrogens is 261 g/mol. The zero-order valence-electron chi connectivity index (χ0n) is 11.6. The number of ether oxygens (including phenoxy) is 1. The Kier molecular flexibility index (Phi) is 5.15. The minimum absolute atomic E-state index is 0.0447.